The molecule has 0 aliphatic heterocycles. The van der Waals surface area contributed by atoms with E-state index in [1.54, 1.807) is 0 Å². The number of sulfonamides is 1. The van der Waals surface area contributed by atoms with Gasteiger partial charge >= 0.3 is 0 Å². The largest absolute Gasteiger partial charge is 0.215 e. The maximum atomic E-state index is 11.8. The van der Waals surface area contributed by atoms with Gasteiger partial charge in [-0.15, -0.1) is 0 Å². The van der Waals surface area contributed by atoms with Crippen LogP contribution in [0, 0.1) is 11.3 Å². The van der Waals surface area contributed by atoms with E-state index < -0.39 is 16.1 Å². The van der Waals surface area contributed by atoms with Gasteiger partial charge in [-0.1, -0.05) is 26.2 Å². The van der Waals surface area contributed by atoms with Crippen molar-refractivity contribution in [2.75, 3.05) is 0 Å². The molecule has 5 heteroatoms. The summed E-state index contributed by atoms with van der Waals surface area (Å²) in [7, 11) is -3.27. The van der Waals surface area contributed by atoms with Crippen molar-refractivity contribution in [3.05, 3.63) is 0 Å². The molecule has 0 aromatic heterocycles. The van der Waals surface area contributed by atoms with E-state index in [1.165, 1.54) is 0 Å². The van der Waals surface area contributed by atoms with E-state index in [9.17, 15) is 8.42 Å². The van der Waals surface area contributed by atoms with Gasteiger partial charge in [0, 0.05) is 0 Å². The third kappa shape index (κ3) is 3.47. The average Bonchev–Trinajstić information content (AvgIpc) is 2.70. The molecule has 0 spiro atoms. The summed E-state index contributed by atoms with van der Waals surface area (Å²) in [5, 5.41) is 8.51. The second-order valence-corrected chi connectivity index (χ2v) is 6.03. The molecule has 1 saturated carbocycles. The van der Waals surface area contributed by atoms with Crippen molar-refractivity contribution in [2.45, 2.75) is 56.7 Å². The molecule has 15 heavy (non-hydrogen) atoms. The first-order valence-corrected chi connectivity index (χ1v) is 7.05. The zero-order chi connectivity index (χ0) is 11.3. The smallest absolute Gasteiger partial charge is 0.212 e. The average molecular weight is 230 g/mol. The molecule has 0 amide bonds. The standard InChI is InChI=1S/C10H18N2O2S/c1-2-5-9(8-11)12-15(13,14)10-6-3-4-7-10/h9-10,12H,2-7H2,1H3. The fourth-order valence-electron chi connectivity index (χ4n) is 1.93. The van der Waals surface area contributed by atoms with E-state index in [1.807, 2.05) is 13.0 Å². The molecule has 0 aromatic rings. The Kier molecular flexibility index (Phi) is 4.55. The van der Waals surface area contributed by atoms with Crippen LogP contribution in [0.1, 0.15) is 45.4 Å². The summed E-state index contributed by atoms with van der Waals surface area (Å²) in [6.45, 7) is 1.94. The van der Waals surface area contributed by atoms with Gasteiger partial charge in [-0.05, 0) is 19.3 Å². The highest BCUT2D eigenvalue weighted by molar-refractivity contribution is 7.90. The van der Waals surface area contributed by atoms with E-state index in [2.05, 4.69) is 4.72 Å². The van der Waals surface area contributed by atoms with Crippen LogP contribution in [0.5, 0.6) is 0 Å². The summed E-state index contributed by atoms with van der Waals surface area (Å²) in [5.41, 5.74) is 0. The zero-order valence-electron chi connectivity index (χ0n) is 9.07. The van der Waals surface area contributed by atoms with Crippen LogP contribution in [0.3, 0.4) is 0 Å². The molecule has 0 aromatic carbocycles. The van der Waals surface area contributed by atoms with E-state index in [-0.39, 0.29) is 5.25 Å². The topological polar surface area (TPSA) is 70.0 Å². The fourth-order valence-corrected chi connectivity index (χ4v) is 3.65. The van der Waals surface area contributed by atoms with Crippen molar-refractivity contribution in [1.29, 1.82) is 5.26 Å². The van der Waals surface area contributed by atoms with Crippen LogP contribution >= 0.6 is 0 Å². The Morgan fingerprint density at radius 1 is 1.47 bits per heavy atom. The molecule has 1 atom stereocenters. The van der Waals surface area contributed by atoms with Crippen LogP contribution < -0.4 is 4.72 Å². The van der Waals surface area contributed by atoms with Crippen molar-refractivity contribution in [3.63, 3.8) is 0 Å². The highest BCUT2D eigenvalue weighted by Crippen LogP contribution is 2.24. The lowest BCUT2D eigenvalue weighted by molar-refractivity contribution is 0.547. The number of nitrogens with one attached hydrogen (secondary N) is 1. The van der Waals surface area contributed by atoms with E-state index >= 15 is 0 Å². The number of nitrogens with zero attached hydrogens (tertiary/aromatic N) is 1. The summed E-state index contributed by atoms with van der Waals surface area (Å²) < 4.78 is 26.1. The van der Waals surface area contributed by atoms with Gasteiger partial charge < -0.3 is 0 Å². The van der Waals surface area contributed by atoms with Crippen LogP contribution in [0.4, 0.5) is 0 Å². The van der Waals surface area contributed by atoms with Crippen LogP contribution in [0.25, 0.3) is 0 Å². The SMILES string of the molecule is CCCC(C#N)NS(=O)(=O)C1CCCC1. The summed E-state index contributed by atoms with van der Waals surface area (Å²) in [5.74, 6) is 0. The lowest BCUT2D eigenvalue weighted by Gasteiger charge is -2.15. The first-order chi connectivity index (χ1) is 7.10. The third-order valence-electron chi connectivity index (χ3n) is 2.78. The first-order valence-electron chi connectivity index (χ1n) is 5.51. The lowest BCUT2D eigenvalue weighted by Crippen LogP contribution is -2.39. The quantitative estimate of drug-likeness (QED) is 0.778. The lowest BCUT2D eigenvalue weighted by atomic mass is 10.2. The Balaban J connectivity index is 2.58. The molecule has 1 aliphatic rings. The predicted molar refractivity (Wildman–Crippen MR) is 58.6 cm³/mol. The van der Waals surface area contributed by atoms with Crippen LogP contribution in [-0.4, -0.2) is 19.7 Å². The Morgan fingerprint density at radius 2 is 2.07 bits per heavy atom. The Bertz CT molecular complexity index is 326. The summed E-state index contributed by atoms with van der Waals surface area (Å²) in [4.78, 5) is 0. The second-order valence-electron chi connectivity index (χ2n) is 4.04. The molecular weight excluding hydrogens is 212 g/mol. The van der Waals surface area contributed by atoms with Crippen molar-refractivity contribution < 1.29 is 8.42 Å². The minimum atomic E-state index is -3.27. The van der Waals surface area contributed by atoms with E-state index in [0.29, 0.717) is 6.42 Å². The van der Waals surface area contributed by atoms with Gasteiger partial charge in [0.1, 0.15) is 6.04 Å². The van der Waals surface area contributed by atoms with Crippen molar-refractivity contribution >= 4 is 10.0 Å². The highest BCUT2D eigenvalue weighted by Gasteiger charge is 2.30. The number of hydrogen-bond acceptors (Lipinski definition) is 3. The first kappa shape index (κ1) is 12.5. The van der Waals surface area contributed by atoms with Gasteiger partial charge in [-0.25, -0.2) is 8.42 Å². The molecule has 1 unspecified atom stereocenters. The maximum Gasteiger partial charge on any atom is 0.215 e. The predicted octanol–water partition coefficient (Wildman–Crippen LogP) is 1.54. The molecular formula is C10H18N2O2S. The molecule has 0 saturated heterocycles. The molecule has 4 nitrogen and oxygen atoms in total. The minimum Gasteiger partial charge on any atom is -0.212 e. The molecule has 1 aliphatic carbocycles. The van der Waals surface area contributed by atoms with Gasteiger partial charge in [-0.3, -0.25) is 0 Å². The summed E-state index contributed by atoms with van der Waals surface area (Å²) in [6.07, 6.45) is 4.83. The number of rotatable bonds is 5. The van der Waals surface area contributed by atoms with Crippen molar-refractivity contribution in [3.8, 4) is 6.07 Å². The Morgan fingerprint density at radius 3 is 2.53 bits per heavy atom. The maximum absolute atomic E-state index is 11.8. The molecule has 0 bridgehead atoms. The third-order valence-corrected chi connectivity index (χ3v) is 4.74. The van der Waals surface area contributed by atoms with E-state index in [4.69, 9.17) is 5.26 Å². The van der Waals surface area contributed by atoms with Gasteiger partial charge in [0.25, 0.3) is 0 Å². The second kappa shape index (κ2) is 5.47. The Labute approximate surface area is 91.7 Å². The zero-order valence-corrected chi connectivity index (χ0v) is 9.89. The monoisotopic (exact) mass is 230 g/mol. The van der Waals surface area contributed by atoms with E-state index in [0.717, 1.165) is 32.1 Å². The molecule has 1 fully saturated rings. The number of hydrogen-bond donors (Lipinski definition) is 1. The van der Waals surface area contributed by atoms with Crippen LogP contribution in [0.2, 0.25) is 0 Å². The molecule has 86 valence electrons. The van der Waals surface area contributed by atoms with Crippen molar-refractivity contribution in [2.24, 2.45) is 0 Å². The van der Waals surface area contributed by atoms with Crippen LogP contribution in [-0.2, 0) is 10.0 Å². The molecule has 1 rings (SSSR count). The minimum absolute atomic E-state index is 0.273. The summed E-state index contributed by atoms with van der Waals surface area (Å²) in [6, 6.07) is 1.44. The molecule has 1 N–H and O–H groups in total. The van der Waals surface area contributed by atoms with Gasteiger partial charge in [0.15, 0.2) is 0 Å². The Hall–Kier alpha value is -0.600. The molecule has 0 radical (unpaired) electrons. The van der Waals surface area contributed by atoms with Gasteiger partial charge in [0.05, 0.1) is 11.3 Å². The highest BCUT2D eigenvalue weighted by atomic mass is 32.2. The van der Waals surface area contributed by atoms with Crippen molar-refractivity contribution in [1.82, 2.24) is 4.72 Å². The fraction of sp³-hybridized carbons (Fsp3) is 0.900. The molecule has 0 heterocycles. The van der Waals surface area contributed by atoms with Gasteiger partial charge in [0.2, 0.25) is 10.0 Å². The normalized spacial score (nSPS) is 20.0. The van der Waals surface area contributed by atoms with Gasteiger partial charge in [-0.2, -0.15) is 9.98 Å². The summed E-state index contributed by atoms with van der Waals surface area (Å²) >= 11 is 0. The van der Waals surface area contributed by atoms with Crippen LogP contribution in [0.15, 0.2) is 0 Å². The number of nitriles is 1.